The molecule has 1 aromatic heterocycles. The van der Waals surface area contributed by atoms with Crippen LogP contribution in [0.15, 0.2) is 15.7 Å². The van der Waals surface area contributed by atoms with Crippen molar-refractivity contribution in [3.8, 4) is 0 Å². The lowest BCUT2D eigenvalue weighted by Gasteiger charge is -2.41. The van der Waals surface area contributed by atoms with E-state index in [1.165, 1.54) is 11.3 Å². The zero-order valence-corrected chi connectivity index (χ0v) is 11.5. The number of hydrogen-bond acceptors (Lipinski definition) is 4. The summed E-state index contributed by atoms with van der Waals surface area (Å²) in [4.78, 5) is 0. The molecule has 0 bridgehead atoms. The van der Waals surface area contributed by atoms with E-state index in [1.807, 2.05) is 6.92 Å². The summed E-state index contributed by atoms with van der Waals surface area (Å²) in [7, 11) is -3.37. The van der Waals surface area contributed by atoms with Gasteiger partial charge in [-0.15, -0.1) is 11.3 Å². The van der Waals surface area contributed by atoms with E-state index in [0.717, 1.165) is 31.2 Å². The quantitative estimate of drug-likeness (QED) is 0.860. The number of hydrogen-bond donors (Lipinski definition) is 2. The topological polar surface area (TPSA) is 72.2 Å². The monoisotopic (exact) mass is 274 g/mol. The van der Waals surface area contributed by atoms with Crippen molar-refractivity contribution < 1.29 is 8.42 Å². The van der Waals surface area contributed by atoms with E-state index in [-0.39, 0.29) is 5.54 Å². The molecule has 6 heteroatoms. The van der Waals surface area contributed by atoms with Crippen molar-refractivity contribution in [1.82, 2.24) is 4.72 Å². The molecule has 4 nitrogen and oxygen atoms in total. The van der Waals surface area contributed by atoms with Gasteiger partial charge in [-0.25, -0.2) is 13.1 Å². The second-order valence-electron chi connectivity index (χ2n) is 4.57. The largest absolute Gasteiger partial charge is 0.326 e. The number of nitrogens with two attached hydrogens (primary N) is 1. The highest BCUT2D eigenvalue weighted by atomic mass is 32.2. The lowest BCUT2D eigenvalue weighted by molar-refractivity contribution is 0.214. The molecule has 0 unspecified atom stereocenters. The Labute approximate surface area is 106 Å². The van der Waals surface area contributed by atoms with Gasteiger partial charge in [0.25, 0.3) is 10.0 Å². The number of thiophene rings is 1. The van der Waals surface area contributed by atoms with Gasteiger partial charge in [0.2, 0.25) is 0 Å². The summed E-state index contributed by atoms with van der Waals surface area (Å²) in [6.07, 6.45) is 3.84. The second kappa shape index (κ2) is 4.68. The maximum Gasteiger partial charge on any atom is 0.250 e. The first-order valence-electron chi connectivity index (χ1n) is 5.83. The van der Waals surface area contributed by atoms with E-state index in [4.69, 9.17) is 5.73 Å². The molecule has 0 amide bonds. The molecule has 17 heavy (non-hydrogen) atoms. The summed E-state index contributed by atoms with van der Waals surface area (Å²) < 4.78 is 27.6. The molecule has 1 aliphatic rings. The summed E-state index contributed by atoms with van der Waals surface area (Å²) in [6.45, 7) is 2.41. The van der Waals surface area contributed by atoms with Crippen molar-refractivity contribution in [2.24, 2.45) is 5.73 Å². The number of sulfonamides is 1. The third kappa shape index (κ3) is 2.54. The molecule has 1 aromatic rings. The Balaban J connectivity index is 2.18. The molecule has 0 atom stereocenters. The van der Waals surface area contributed by atoms with Gasteiger partial charge in [-0.3, -0.25) is 0 Å². The average molecular weight is 274 g/mol. The smallest absolute Gasteiger partial charge is 0.250 e. The normalized spacial score (nSPS) is 18.9. The van der Waals surface area contributed by atoms with Gasteiger partial charge in [0, 0.05) is 12.1 Å². The summed E-state index contributed by atoms with van der Waals surface area (Å²) in [6, 6.07) is 1.66. The molecule has 1 heterocycles. The summed E-state index contributed by atoms with van der Waals surface area (Å²) in [5.74, 6) is 0. The fraction of sp³-hybridized carbons (Fsp3) is 0.636. The molecule has 3 N–H and O–H groups in total. The Hall–Kier alpha value is -0.430. The van der Waals surface area contributed by atoms with Gasteiger partial charge in [-0.1, -0.05) is 6.92 Å². The Bertz CT molecular complexity index is 484. The third-order valence-corrected chi connectivity index (χ3v) is 6.54. The van der Waals surface area contributed by atoms with Gasteiger partial charge in [0.15, 0.2) is 0 Å². The molecule has 1 saturated carbocycles. The molecule has 0 radical (unpaired) electrons. The molecular weight excluding hydrogens is 256 g/mol. The molecule has 96 valence electrons. The van der Waals surface area contributed by atoms with Crippen molar-refractivity contribution in [1.29, 1.82) is 0 Å². The fourth-order valence-corrected chi connectivity index (χ4v) is 4.82. The van der Waals surface area contributed by atoms with Gasteiger partial charge in [-0.2, -0.15) is 0 Å². The Morgan fingerprint density at radius 2 is 2.24 bits per heavy atom. The van der Waals surface area contributed by atoms with Crippen LogP contribution in [-0.2, 0) is 16.6 Å². The molecule has 0 saturated heterocycles. The Morgan fingerprint density at radius 1 is 1.53 bits per heavy atom. The van der Waals surface area contributed by atoms with Gasteiger partial charge >= 0.3 is 0 Å². The van der Waals surface area contributed by atoms with Crippen LogP contribution < -0.4 is 10.5 Å². The molecule has 2 rings (SSSR count). The number of nitrogens with one attached hydrogen (secondary N) is 1. The van der Waals surface area contributed by atoms with Gasteiger partial charge < -0.3 is 5.73 Å². The van der Waals surface area contributed by atoms with Crippen LogP contribution in [0.5, 0.6) is 0 Å². The second-order valence-corrected chi connectivity index (χ2v) is 7.39. The van der Waals surface area contributed by atoms with Gasteiger partial charge in [0.05, 0.1) is 0 Å². The minimum Gasteiger partial charge on any atom is -0.326 e. The van der Waals surface area contributed by atoms with Gasteiger partial charge in [0.1, 0.15) is 4.21 Å². The van der Waals surface area contributed by atoms with Gasteiger partial charge in [-0.05, 0) is 42.7 Å². The van der Waals surface area contributed by atoms with E-state index >= 15 is 0 Å². The Kier molecular flexibility index (Phi) is 3.58. The van der Waals surface area contributed by atoms with Crippen LogP contribution in [-0.4, -0.2) is 14.0 Å². The zero-order chi connectivity index (χ0) is 12.5. The molecule has 0 aromatic carbocycles. The summed E-state index contributed by atoms with van der Waals surface area (Å²) in [5.41, 5.74) is 6.16. The fourth-order valence-electron chi connectivity index (χ4n) is 2.07. The highest BCUT2D eigenvalue weighted by Gasteiger charge is 2.39. The molecule has 1 fully saturated rings. The van der Waals surface area contributed by atoms with Crippen LogP contribution >= 0.6 is 11.3 Å². The van der Waals surface area contributed by atoms with Crippen LogP contribution in [0, 0.1) is 0 Å². The first kappa shape index (κ1) is 13.0. The molecular formula is C11H18N2O2S2. The van der Waals surface area contributed by atoms with E-state index in [9.17, 15) is 8.42 Å². The van der Waals surface area contributed by atoms with Crippen LogP contribution in [0.2, 0.25) is 0 Å². The molecule has 1 aliphatic carbocycles. The summed E-state index contributed by atoms with van der Waals surface area (Å²) >= 11 is 1.24. The van der Waals surface area contributed by atoms with Crippen molar-refractivity contribution in [3.63, 3.8) is 0 Å². The molecule has 0 aliphatic heterocycles. The van der Waals surface area contributed by atoms with E-state index in [0.29, 0.717) is 10.8 Å². The maximum atomic E-state index is 12.2. The first-order chi connectivity index (χ1) is 8.01. The lowest BCUT2D eigenvalue weighted by atomic mass is 9.76. The third-order valence-electron chi connectivity index (χ3n) is 3.47. The molecule has 0 spiro atoms. The van der Waals surface area contributed by atoms with E-state index < -0.39 is 10.0 Å². The zero-order valence-electron chi connectivity index (χ0n) is 9.90. The van der Waals surface area contributed by atoms with Crippen molar-refractivity contribution in [3.05, 3.63) is 17.0 Å². The van der Waals surface area contributed by atoms with Crippen molar-refractivity contribution in [2.45, 2.75) is 48.9 Å². The SMILES string of the molecule is CCC1(NS(=O)(=O)c2cc(CN)cs2)CCC1. The lowest BCUT2D eigenvalue weighted by Crippen LogP contribution is -2.52. The van der Waals surface area contributed by atoms with Crippen molar-refractivity contribution in [2.75, 3.05) is 0 Å². The number of rotatable bonds is 5. The summed E-state index contributed by atoms with van der Waals surface area (Å²) in [5, 5.41) is 1.80. The predicted molar refractivity (Wildman–Crippen MR) is 69.4 cm³/mol. The van der Waals surface area contributed by atoms with E-state index in [1.54, 1.807) is 11.4 Å². The minimum absolute atomic E-state index is 0.203. The van der Waals surface area contributed by atoms with Crippen LogP contribution in [0.25, 0.3) is 0 Å². The van der Waals surface area contributed by atoms with Crippen molar-refractivity contribution >= 4 is 21.4 Å². The minimum atomic E-state index is -3.37. The van der Waals surface area contributed by atoms with Crippen LogP contribution in [0.3, 0.4) is 0 Å². The highest BCUT2D eigenvalue weighted by Crippen LogP contribution is 2.36. The average Bonchev–Trinajstić information content (AvgIpc) is 2.72. The Morgan fingerprint density at radius 3 is 2.65 bits per heavy atom. The highest BCUT2D eigenvalue weighted by molar-refractivity contribution is 7.91. The maximum absolute atomic E-state index is 12.2. The first-order valence-corrected chi connectivity index (χ1v) is 8.19. The van der Waals surface area contributed by atoms with E-state index in [2.05, 4.69) is 4.72 Å². The van der Waals surface area contributed by atoms with Crippen LogP contribution in [0.1, 0.15) is 38.2 Å². The predicted octanol–water partition coefficient (Wildman–Crippen LogP) is 1.82. The standard InChI is InChI=1S/C11H18N2O2S2/c1-2-11(4-3-5-11)13-17(14,15)10-6-9(7-12)8-16-10/h6,8,13H,2-5,7,12H2,1H3. The van der Waals surface area contributed by atoms with Crippen LogP contribution in [0.4, 0.5) is 0 Å².